The highest BCUT2D eigenvalue weighted by Crippen LogP contribution is 2.31. The van der Waals surface area contributed by atoms with E-state index in [1.165, 1.54) is 26.6 Å². The zero-order valence-electron chi connectivity index (χ0n) is 11.8. The van der Waals surface area contributed by atoms with E-state index in [4.69, 9.17) is 19.7 Å². The van der Waals surface area contributed by atoms with Gasteiger partial charge in [-0.15, -0.1) is 0 Å². The van der Waals surface area contributed by atoms with E-state index in [-0.39, 0.29) is 5.91 Å². The summed E-state index contributed by atoms with van der Waals surface area (Å²) in [6.07, 6.45) is 1.75. The molecule has 0 aliphatic rings. The van der Waals surface area contributed by atoms with Crippen molar-refractivity contribution in [3.8, 4) is 11.5 Å². The second kappa shape index (κ2) is 6.60. The number of hydrogen-bond donors (Lipinski definition) is 2. The molecule has 0 unspecified atom stereocenters. The number of nitrogen functional groups attached to an aromatic ring is 1. The number of carbonyl (C=O) groups is 1. The van der Waals surface area contributed by atoms with E-state index in [2.05, 4.69) is 15.5 Å². The number of benzene rings is 1. The van der Waals surface area contributed by atoms with E-state index in [0.717, 1.165) is 0 Å². The van der Waals surface area contributed by atoms with Gasteiger partial charge in [-0.2, -0.15) is 4.98 Å². The first-order valence-electron chi connectivity index (χ1n) is 6.21. The molecule has 0 bridgehead atoms. The van der Waals surface area contributed by atoms with Gasteiger partial charge in [0.1, 0.15) is 0 Å². The molecule has 0 aliphatic heterocycles. The molecular weight excluding hydrogens is 276 g/mol. The van der Waals surface area contributed by atoms with Crippen LogP contribution in [0, 0.1) is 0 Å². The molecule has 0 saturated heterocycles. The molecule has 0 fully saturated rings. The lowest BCUT2D eigenvalue weighted by Gasteiger charge is -2.12. The lowest BCUT2D eigenvalue weighted by molar-refractivity contribution is 0.0954. The summed E-state index contributed by atoms with van der Waals surface area (Å²) in [6, 6.07) is 3.09. The van der Waals surface area contributed by atoms with Crippen LogP contribution < -0.4 is 20.5 Å². The number of hydrogen-bond acceptors (Lipinski definition) is 7. The lowest BCUT2D eigenvalue weighted by Crippen LogP contribution is -2.26. The lowest BCUT2D eigenvalue weighted by atomic mass is 10.1. The monoisotopic (exact) mass is 292 g/mol. The third-order valence-electron chi connectivity index (χ3n) is 2.83. The molecule has 1 aromatic carbocycles. The fourth-order valence-corrected chi connectivity index (χ4v) is 1.78. The molecule has 0 aliphatic carbocycles. The minimum atomic E-state index is -0.312. The van der Waals surface area contributed by atoms with E-state index >= 15 is 0 Å². The number of amides is 1. The van der Waals surface area contributed by atoms with Crippen LogP contribution in [0.5, 0.6) is 11.5 Å². The van der Waals surface area contributed by atoms with Crippen LogP contribution in [0.15, 0.2) is 23.0 Å². The summed E-state index contributed by atoms with van der Waals surface area (Å²) in [6.45, 7) is 0.356. The summed E-state index contributed by atoms with van der Waals surface area (Å²) in [5, 5.41) is 6.21. The Morgan fingerprint density at radius 3 is 2.67 bits per heavy atom. The minimum absolute atomic E-state index is 0.308. The van der Waals surface area contributed by atoms with Crippen molar-refractivity contribution < 1.29 is 18.8 Å². The quantitative estimate of drug-likeness (QED) is 0.751. The zero-order chi connectivity index (χ0) is 15.2. The number of nitrogens with two attached hydrogens (primary N) is 1. The number of rotatable bonds is 6. The molecule has 0 atom stereocenters. The van der Waals surface area contributed by atoms with Crippen LogP contribution in [0.3, 0.4) is 0 Å². The van der Waals surface area contributed by atoms with Crippen molar-refractivity contribution in [3.63, 3.8) is 0 Å². The Morgan fingerprint density at radius 2 is 2.05 bits per heavy atom. The first kappa shape index (κ1) is 14.6. The van der Waals surface area contributed by atoms with E-state index in [0.29, 0.717) is 41.6 Å². The molecule has 1 aromatic heterocycles. The summed E-state index contributed by atoms with van der Waals surface area (Å²) in [5.41, 5.74) is 6.48. The summed E-state index contributed by atoms with van der Waals surface area (Å²) in [7, 11) is 2.99. The van der Waals surface area contributed by atoms with E-state index in [1.807, 2.05) is 0 Å². The molecular formula is C13H16N4O4. The van der Waals surface area contributed by atoms with Gasteiger partial charge in [0.15, 0.2) is 17.8 Å². The summed E-state index contributed by atoms with van der Waals surface area (Å²) in [4.78, 5) is 16.0. The molecule has 2 rings (SSSR count). The highest BCUT2D eigenvalue weighted by atomic mass is 16.5. The molecule has 2 aromatic rings. The van der Waals surface area contributed by atoms with Crippen molar-refractivity contribution in [3.05, 3.63) is 29.9 Å². The largest absolute Gasteiger partial charge is 0.493 e. The predicted molar refractivity (Wildman–Crippen MR) is 74.3 cm³/mol. The molecule has 0 spiro atoms. The molecule has 0 radical (unpaired) electrons. The van der Waals surface area contributed by atoms with Gasteiger partial charge in [0.2, 0.25) is 5.89 Å². The van der Waals surface area contributed by atoms with E-state index in [1.54, 1.807) is 6.07 Å². The second-order valence-electron chi connectivity index (χ2n) is 4.14. The van der Waals surface area contributed by atoms with Crippen LogP contribution in [0.4, 0.5) is 5.69 Å². The first-order chi connectivity index (χ1) is 10.2. The summed E-state index contributed by atoms with van der Waals surface area (Å²) < 4.78 is 15.1. The van der Waals surface area contributed by atoms with Crippen LogP contribution in [-0.4, -0.2) is 36.8 Å². The molecule has 1 heterocycles. The van der Waals surface area contributed by atoms with Gasteiger partial charge in [-0.25, -0.2) is 0 Å². The Morgan fingerprint density at radius 1 is 1.33 bits per heavy atom. The number of nitrogens with zero attached hydrogens (tertiary/aromatic N) is 2. The molecule has 112 valence electrons. The van der Waals surface area contributed by atoms with Crippen molar-refractivity contribution in [1.82, 2.24) is 15.5 Å². The number of anilines is 1. The van der Waals surface area contributed by atoms with Crippen molar-refractivity contribution in [2.24, 2.45) is 0 Å². The predicted octanol–water partition coefficient (Wildman–Crippen LogP) is 0.641. The van der Waals surface area contributed by atoms with Crippen molar-refractivity contribution in [2.45, 2.75) is 6.42 Å². The first-order valence-corrected chi connectivity index (χ1v) is 6.21. The highest BCUT2D eigenvalue weighted by Gasteiger charge is 2.15. The van der Waals surface area contributed by atoms with Crippen molar-refractivity contribution in [1.29, 1.82) is 0 Å². The maximum absolute atomic E-state index is 12.1. The Hall–Kier alpha value is -2.77. The van der Waals surface area contributed by atoms with E-state index in [9.17, 15) is 4.79 Å². The Labute approximate surface area is 121 Å². The van der Waals surface area contributed by atoms with Gasteiger partial charge in [0.25, 0.3) is 5.91 Å². The van der Waals surface area contributed by atoms with Gasteiger partial charge in [0, 0.05) is 24.7 Å². The molecule has 21 heavy (non-hydrogen) atoms. The van der Waals surface area contributed by atoms with Gasteiger partial charge in [0.05, 0.1) is 19.8 Å². The molecule has 8 nitrogen and oxygen atoms in total. The fraction of sp³-hybridized carbons (Fsp3) is 0.308. The smallest absolute Gasteiger partial charge is 0.253 e. The van der Waals surface area contributed by atoms with Crippen LogP contribution in [0.2, 0.25) is 0 Å². The van der Waals surface area contributed by atoms with E-state index < -0.39 is 0 Å². The number of nitrogens with one attached hydrogen (secondary N) is 1. The Bertz CT molecular complexity index is 613. The van der Waals surface area contributed by atoms with Crippen molar-refractivity contribution in [2.75, 3.05) is 26.5 Å². The third kappa shape index (κ3) is 3.41. The SMILES string of the molecule is COc1cc(N)c(C(=O)NCCc2ncno2)cc1OC. The number of ether oxygens (including phenoxy) is 2. The molecule has 3 N–H and O–H groups in total. The van der Waals surface area contributed by atoms with Gasteiger partial charge < -0.3 is 25.0 Å². The van der Waals surface area contributed by atoms with Crippen LogP contribution in [0.25, 0.3) is 0 Å². The zero-order valence-corrected chi connectivity index (χ0v) is 11.8. The van der Waals surface area contributed by atoms with Gasteiger partial charge in [-0.1, -0.05) is 5.16 Å². The maximum atomic E-state index is 12.1. The number of carbonyl (C=O) groups excluding carboxylic acids is 1. The summed E-state index contributed by atoms with van der Waals surface area (Å²) in [5.74, 6) is 1.05. The Balaban J connectivity index is 2.04. The summed E-state index contributed by atoms with van der Waals surface area (Å²) >= 11 is 0. The maximum Gasteiger partial charge on any atom is 0.253 e. The topological polar surface area (TPSA) is 112 Å². The van der Waals surface area contributed by atoms with Crippen LogP contribution >= 0.6 is 0 Å². The minimum Gasteiger partial charge on any atom is -0.493 e. The average molecular weight is 292 g/mol. The third-order valence-corrected chi connectivity index (χ3v) is 2.83. The number of aromatic nitrogens is 2. The normalized spacial score (nSPS) is 10.2. The Kier molecular flexibility index (Phi) is 4.60. The molecule has 0 saturated carbocycles. The van der Waals surface area contributed by atoms with Gasteiger partial charge >= 0.3 is 0 Å². The molecule has 1 amide bonds. The highest BCUT2D eigenvalue weighted by molar-refractivity contribution is 6.00. The molecule has 8 heteroatoms. The second-order valence-corrected chi connectivity index (χ2v) is 4.14. The van der Waals surface area contributed by atoms with Crippen LogP contribution in [-0.2, 0) is 6.42 Å². The van der Waals surface area contributed by atoms with Gasteiger partial charge in [-0.05, 0) is 6.07 Å². The fourth-order valence-electron chi connectivity index (χ4n) is 1.78. The standard InChI is InChI=1S/C13H16N4O4/c1-19-10-5-8(9(14)6-11(10)20-2)13(18)15-4-3-12-16-7-17-21-12/h5-7H,3-4,14H2,1-2H3,(H,15,18). The number of methoxy groups -OCH3 is 2. The van der Waals surface area contributed by atoms with Crippen LogP contribution in [0.1, 0.15) is 16.2 Å². The average Bonchev–Trinajstić information content (AvgIpc) is 3.00. The van der Waals surface area contributed by atoms with Crippen molar-refractivity contribution >= 4 is 11.6 Å². The van der Waals surface area contributed by atoms with Gasteiger partial charge in [-0.3, -0.25) is 4.79 Å².